The molecule has 0 atom stereocenters. The molecule has 1 aliphatic rings. The average Bonchev–Trinajstić information content (AvgIpc) is 3.27. The molecule has 1 amide bonds. The summed E-state index contributed by atoms with van der Waals surface area (Å²) in [5.74, 6) is 0.950. The Morgan fingerprint density at radius 2 is 1.87 bits per heavy atom. The first kappa shape index (κ1) is 21.2. The van der Waals surface area contributed by atoms with Crippen LogP contribution in [0.1, 0.15) is 29.8 Å². The first-order valence-electron chi connectivity index (χ1n) is 10.5. The smallest absolute Gasteiger partial charge is 0.244 e. The van der Waals surface area contributed by atoms with Gasteiger partial charge in [-0.15, -0.1) is 0 Å². The largest absolute Gasteiger partial charge is 0.352 e. The van der Waals surface area contributed by atoms with Gasteiger partial charge in [0.1, 0.15) is 11.6 Å². The number of nitrogens with one attached hydrogen (secondary N) is 1. The molecule has 7 heteroatoms. The molecular formula is C24H25FN4OS. The summed E-state index contributed by atoms with van der Waals surface area (Å²) < 4.78 is 17.5. The number of carbonyl (C=O) groups is 1. The van der Waals surface area contributed by atoms with Crippen LogP contribution in [-0.4, -0.2) is 34.9 Å². The quantitative estimate of drug-likeness (QED) is 0.561. The SMILES string of the molecule is O=C(C=Cc1ccccc1)NCC1CCN(c2nc(Cc3ccc(F)cc3)ns2)CC1. The maximum Gasteiger partial charge on any atom is 0.244 e. The fourth-order valence-corrected chi connectivity index (χ4v) is 4.33. The summed E-state index contributed by atoms with van der Waals surface area (Å²) in [5, 5.41) is 3.95. The van der Waals surface area contributed by atoms with Crippen LogP contribution in [-0.2, 0) is 11.2 Å². The van der Waals surface area contributed by atoms with E-state index >= 15 is 0 Å². The number of anilines is 1. The number of rotatable bonds is 7. The predicted octanol–water partition coefficient (Wildman–Crippen LogP) is 4.31. The Morgan fingerprint density at radius 1 is 1.13 bits per heavy atom. The van der Waals surface area contributed by atoms with Crippen molar-refractivity contribution in [3.05, 3.63) is 83.4 Å². The van der Waals surface area contributed by atoms with E-state index in [0.29, 0.717) is 18.9 Å². The molecule has 5 nitrogen and oxygen atoms in total. The van der Waals surface area contributed by atoms with Gasteiger partial charge in [0.25, 0.3) is 0 Å². The number of hydrogen-bond acceptors (Lipinski definition) is 5. The molecular weight excluding hydrogens is 411 g/mol. The second kappa shape index (κ2) is 10.3. The summed E-state index contributed by atoms with van der Waals surface area (Å²) in [6, 6.07) is 16.3. The third-order valence-electron chi connectivity index (χ3n) is 5.41. The van der Waals surface area contributed by atoms with Crippen LogP contribution >= 0.6 is 11.5 Å². The fourth-order valence-electron chi connectivity index (χ4n) is 3.60. The van der Waals surface area contributed by atoms with Crippen molar-refractivity contribution in [2.75, 3.05) is 24.5 Å². The van der Waals surface area contributed by atoms with Crippen LogP contribution < -0.4 is 10.2 Å². The Balaban J connectivity index is 1.21. The van der Waals surface area contributed by atoms with Crippen LogP contribution in [0.5, 0.6) is 0 Å². The average molecular weight is 437 g/mol. The highest BCUT2D eigenvalue weighted by molar-refractivity contribution is 7.09. The number of aromatic nitrogens is 2. The molecule has 2 aromatic carbocycles. The highest BCUT2D eigenvalue weighted by Gasteiger charge is 2.22. The monoisotopic (exact) mass is 436 g/mol. The van der Waals surface area contributed by atoms with E-state index in [0.717, 1.165) is 48.0 Å². The molecule has 0 radical (unpaired) electrons. The minimum atomic E-state index is -0.234. The van der Waals surface area contributed by atoms with Gasteiger partial charge in [0, 0.05) is 43.7 Å². The molecule has 1 N–H and O–H groups in total. The van der Waals surface area contributed by atoms with Crippen molar-refractivity contribution < 1.29 is 9.18 Å². The second-order valence-corrected chi connectivity index (χ2v) is 8.45. The van der Waals surface area contributed by atoms with Crippen molar-refractivity contribution in [2.45, 2.75) is 19.3 Å². The highest BCUT2D eigenvalue weighted by Crippen LogP contribution is 2.25. The van der Waals surface area contributed by atoms with Gasteiger partial charge in [-0.05, 0) is 48.1 Å². The van der Waals surface area contributed by atoms with E-state index < -0.39 is 0 Å². The molecule has 0 bridgehead atoms. The number of nitrogens with zero attached hydrogens (tertiary/aromatic N) is 3. The summed E-state index contributed by atoms with van der Waals surface area (Å²) >= 11 is 1.41. The summed E-state index contributed by atoms with van der Waals surface area (Å²) in [4.78, 5) is 19.0. The molecule has 160 valence electrons. The molecule has 4 rings (SSSR count). The predicted molar refractivity (Wildman–Crippen MR) is 123 cm³/mol. The van der Waals surface area contributed by atoms with Crippen molar-refractivity contribution in [2.24, 2.45) is 5.92 Å². The zero-order chi connectivity index (χ0) is 21.5. The third-order valence-corrected chi connectivity index (χ3v) is 6.22. The van der Waals surface area contributed by atoms with Crippen molar-refractivity contribution in [1.82, 2.24) is 14.7 Å². The number of piperidine rings is 1. The van der Waals surface area contributed by atoms with Gasteiger partial charge in [-0.25, -0.2) is 9.37 Å². The Kier molecular flexibility index (Phi) is 7.04. The summed E-state index contributed by atoms with van der Waals surface area (Å²) in [6.45, 7) is 2.51. The zero-order valence-corrected chi connectivity index (χ0v) is 18.0. The van der Waals surface area contributed by atoms with Crippen LogP contribution in [0.4, 0.5) is 9.52 Å². The van der Waals surface area contributed by atoms with E-state index in [1.165, 1.54) is 23.7 Å². The lowest BCUT2D eigenvalue weighted by Crippen LogP contribution is -2.38. The van der Waals surface area contributed by atoms with E-state index in [1.54, 1.807) is 18.2 Å². The van der Waals surface area contributed by atoms with Gasteiger partial charge in [0.05, 0.1) is 0 Å². The van der Waals surface area contributed by atoms with Crippen LogP contribution in [0, 0.1) is 11.7 Å². The maximum absolute atomic E-state index is 13.0. The number of benzene rings is 2. The van der Waals surface area contributed by atoms with E-state index in [4.69, 9.17) is 0 Å². The van der Waals surface area contributed by atoms with Crippen LogP contribution in [0.15, 0.2) is 60.7 Å². The fraction of sp³-hybridized carbons (Fsp3) is 0.292. The Bertz CT molecular complexity index is 1010. The lowest BCUT2D eigenvalue weighted by atomic mass is 9.97. The van der Waals surface area contributed by atoms with Crippen molar-refractivity contribution >= 4 is 28.6 Å². The molecule has 1 aliphatic heterocycles. The van der Waals surface area contributed by atoms with Gasteiger partial charge in [0.15, 0.2) is 0 Å². The highest BCUT2D eigenvalue weighted by atomic mass is 32.1. The Hall–Kier alpha value is -3.06. The van der Waals surface area contributed by atoms with Crippen LogP contribution in [0.2, 0.25) is 0 Å². The molecule has 1 fully saturated rings. The van der Waals surface area contributed by atoms with E-state index in [9.17, 15) is 9.18 Å². The molecule has 0 saturated carbocycles. The molecule has 0 spiro atoms. The van der Waals surface area contributed by atoms with Crippen LogP contribution in [0.25, 0.3) is 6.08 Å². The minimum absolute atomic E-state index is 0.0548. The number of carbonyl (C=O) groups excluding carboxylic acids is 1. The summed E-state index contributed by atoms with van der Waals surface area (Å²) in [5.41, 5.74) is 2.02. The van der Waals surface area contributed by atoms with Gasteiger partial charge >= 0.3 is 0 Å². The molecule has 1 saturated heterocycles. The van der Waals surface area contributed by atoms with E-state index in [1.807, 2.05) is 36.4 Å². The first-order valence-corrected chi connectivity index (χ1v) is 11.3. The number of halogens is 1. The standard InChI is InChI=1S/C24H25FN4OS/c25-21-9-6-19(7-10-21)16-22-27-24(31-28-22)29-14-12-20(13-15-29)17-26-23(30)11-8-18-4-2-1-3-5-18/h1-11,20H,12-17H2,(H,26,30). The van der Waals surface area contributed by atoms with E-state index in [2.05, 4.69) is 19.6 Å². The molecule has 3 aromatic rings. The van der Waals surface area contributed by atoms with Gasteiger partial charge < -0.3 is 10.2 Å². The number of hydrogen-bond donors (Lipinski definition) is 1. The van der Waals surface area contributed by atoms with Crippen molar-refractivity contribution in [1.29, 1.82) is 0 Å². The molecule has 0 unspecified atom stereocenters. The van der Waals surface area contributed by atoms with Gasteiger partial charge in [-0.1, -0.05) is 42.5 Å². The van der Waals surface area contributed by atoms with Gasteiger partial charge in [-0.2, -0.15) is 4.37 Å². The van der Waals surface area contributed by atoms with Gasteiger partial charge in [0.2, 0.25) is 11.0 Å². The Morgan fingerprint density at radius 3 is 2.61 bits per heavy atom. The zero-order valence-electron chi connectivity index (χ0n) is 17.2. The molecule has 1 aromatic heterocycles. The topological polar surface area (TPSA) is 58.1 Å². The normalized spacial score (nSPS) is 14.8. The lowest BCUT2D eigenvalue weighted by molar-refractivity contribution is -0.116. The first-order chi connectivity index (χ1) is 15.2. The molecule has 0 aliphatic carbocycles. The Labute approximate surface area is 185 Å². The second-order valence-electron chi connectivity index (χ2n) is 7.72. The van der Waals surface area contributed by atoms with E-state index in [-0.39, 0.29) is 11.7 Å². The number of amides is 1. The molecule has 2 heterocycles. The summed E-state index contributed by atoms with van der Waals surface area (Å²) in [6.07, 6.45) is 6.05. The minimum Gasteiger partial charge on any atom is -0.352 e. The van der Waals surface area contributed by atoms with Crippen molar-refractivity contribution in [3.8, 4) is 0 Å². The van der Waals surface area contributed by atoms with Crippen molar-refractivity contribution in [3.63, 3.8) is 0 Å². The lowest BCUT2D eigenvalue weighted by Gasteiger charge is -2.31. The van der Waals surface area contributed by atoms with Crippen LogP contribution in [0.3, 0.4) is 0 Å². The molecule has 31 heavy (non-hydrogen) atoms. The maximum atomic E-state index is 13.0. The van der Waals surface area contributed by atoms with Gasteiger partial charge in [-0.3, -0.25) is 4.79 Å². The summed E-state index contributed by atoms with van der Waals surface area (Å²) in [7, 11) is 0. The third kappa shape index (κ3) is 6.21.